The molecule has 0 aromatic heterocycles. The molecule has 0 bridgehead atoms. The van der Waals surface area contributed by atoms with E-state index in [1.165, 1.54) is 17.9 Å². The van der Waals surface area contributed by atoms with Gasteiger partial charge in [0.2, 0.25) is 11.7 Å². The van der Waals surface area contributed by atoms with Crippen LogP contribution in [0.4, 0.5) is 0 Å². The maximum absolute atomic E-state index is 13.7. The van der Waals surface area contributed by atoms with Gasteiger partial charge in [-0.05, 0) is 74.0 Å². The number of likely N-dealkylation sites (N-methyl/N-ethyl adjacent to an activating group) is 1. The summed E-state index contributed by atoms with van der Waals surface area (Å²) in [5.74, 6) is -8.30. The molecule has 1 aromatic rings. The zero-order valence-electron chi connectivity index (χ0n) is 18.7. The van der Waals surface area contributed by atoms with E-state index in [1.807, 2.05) is 0 Å². The Kier molecular flexibility index (Phi) is 5.91. The van der Waals surface area contributed by atoms with E-state index in [9.17, 15) is 39.6 Å². The van der Waals surface area contributed by atoms with Crippen molar-refractivity contribution in [3.63, 3.8) is 0 Å². The minimum absolute atomic E-state index is 0.00228. The molecule has 3 aliphatic carbocycles. The molecule has 0 radical (unpaired) electrons. The number of nitrogens with zero attached hydrogens (tertiary/aromatic N) is 1. The Bertz CT molecular complexity index is 1190. The van der Waals surface area contributed by atoms with Gasteiger partial charge in [-0.2, -0.15) is 0 Å². The number of phenolic OH excluding ortho intramolecular Hbond substituents is 1. The van der Waals surface area contributed by atoms with Gasteiger partial charge >= 0.3 is 0 Å². The van der Waals surface area contributed by atoms with E-state index >= 15 is 0 Å². The Morgan fingerprint density at radius 3 is 2.38 bits per heavy atom. The van der Waals surface area contributed by atoms with Crippen LogP contribution in [0.25, 0.3) is 5.76 Å². The van der Waals surface area contributed by atoms with Crippen LogP contribution in [0.15, 0.2) is 11.6 Å². The van der Waals surface area contributed by atoms with E-state index in [-0.39, 0.29) is 44.6 Å². The van der Waals surface area contributed by atoms with Gasteiger partial charge in [0.15, 0.2) is 17.2 Å². The van der Waals surface area contributed by atoms with Gasteiger partial charge in [-0.1, -0.05) is 0 Å². The third-order valence-electron chi connectivity index (χ3n) is 7.42. The number of amides is 1. The van der Waals surface area contributed by atoms with E-state index in [2.05, 4.69) is 0 Å². The number of hydrogen-bond donors (Lipinski definition) is 5. The summed E-state index contributed by atoms with van der Waals surface area (Å²) in [4.78, 5) is 52.8. The fourth-order valence-electron chi connectivity index (χ4n) is 5.95. The van der Waals surface area contributed by atoms with Crippen molar-refractivity contribution in [1.82, 2.24) is 4.90 Å². The first-order valence-corrected chi connectivity index (χ1v) is 11.8. The molecular formula is C23H25IN2O8. The number of rotatable bonds is 3. The van der Waals surface area contributed by atoms with Gasteiger partial charge in [0.05, 0.1) is 15.2 Å². The van der Waals surface area contributed by atoms with Gasteiger partial charge in [-0.3, -0.25) is 19.2 Å². The standard InChI is InChI=1S/C23H25IN2O8/c1-7(27)9-6-12(24)17(28)14-10(9)4-8-5-11-16(26(2)3)19(30)15(22(25)33)21(32)23(11,34)20(31)13(8)18(14)29/h6,8,11,15-16,19,28-30,34H,4-5H2,1-3H3,(H2,25,33)/t8-,11-,15?,16-,19+,23-/m0/s1. The van der Waals surface area contributed by atoms with Crippen molar-refractivity contribution in [1.29, 1.82) is 0 Å². The molecule has 0 heterocycles. The van der Waals surface area contributed by atoms with Crippen LogP contribution >= 0.6 is 22.6 Å². The summed E-state index contributed by atoms with van der Waals surface area (Å²) >= 11 is 1.80. The normalized spacial score (nSPS) is 32.9. The van der Waals surface area contributed by atoms with Crippen molar-refractivity contribution >= 4 is 51.6 Å². The zero-order chi connectivity index (χ0) is 25.4. The molecule has 4 rings (SSSR count). The Balaban J connectivity index is 1.97. The summed E-state index contributed by atoms with van der Waals surface area (Å²) in [6.07, 6.45) is -1.45. The van der Waals surface area contributed by atoms with Crippen molar-refractivity contribution in [2.75, 3.05) is 14.1 Å². The second-order valence-corrected chi connectivity index (χ2v) is 10.6. The molecule has 1 amide bonds. The van der Waals surface area contributed by atoms with Crippen LogP contribution in [0.1, 0.15) is 34.8 Å². The number of ketones is 3. The van der Waals surface area contributed by atoms with Crippen molar-refractivity contribution in [3.8, 4) is 5.75 Å². The largest absolute Gasteiger partial charge is 0.507 e. The topological polar surface area (TPSA) is 178 Å². The summed E-state index contributed by atoms with van der Waals surface area (Å²) in [6.45, 7) is 1.35. The third kappa shape index (κ3) is 3.17. The number of Topliss-reactive ketones (excluding diaryl/α,β-unsaturated/α-hetero) is 3. The second-order valence-electron chi connectivity index (χ2n) is 9.45. The molecule has 11 heteroatoms. The molecule has 1 aromatic carbocycles. The van der Waals surface area contributed by atoms with Gasteiger partial charge in [-0.15, -0.1) is 0 Å². The van der Waals surface area contributed by atoms with Crippen LogP contribution in [0, 0.1) is 21.3 Å². The lowest BCUT2D eigenvalue weighted by atomic mass is 9.54. The summed E-state index contributed by atoms with van der Waals surface area (Å²) in [7, 11) is 3.17. The maximum atomic E-state index is 13.7. The van der Waals surface area contributed by atoms with E-state index in [0.29, 0.717) is 5.56 Å². The SMILES string of the molecule is CC(=O)c1cc(I)c(O)c2c1C[C@H]1C[C@H]3[C@H](N(C)C)[C@H](O)C(C(N)=O)C(=O)[C@@]3(O)C(=O)C1=C2O. The van der Waals surface area contributed by atoms with Gasteiger partial charge in [-0.25, -0.2) is 0 Å². The summed E-state index contributed by atoms with van der Waals surface area (Å²) in [5, 5.41) is 44.2. The fourth-order valence-corrected chi connectivity index (χ4v) is 6.53. The number of carbonyl (C=O) groups is 4. The molecule has 10 nitrogen and oxygen atoms in total. The number of benzene rings is 1. The molecule has 6 atom stereocenters. The van der Waals surface area contributed by atoms with Gasteiger partial charge in [0, 0.05) is 23.1 Å². The van der Waals surface area contributed by atoms with Crippen molar-refractivity contribution < 1.29 is 39.6 Å². The van der Waals surface area contributed by atoms with E-state index in [0.717, 1.165) is 0 Å². The predicted octanol–water partition coefficient (Wildman–Crippen LogP) is -0.0638. The monoisotopic (exact) mass is 584 g/mol. The lowest BCUT2D eigenvalue weighted by Gasteiger charge is -2.53. The molecule has 0 aliphatic heterocycles. The molecule has 2 fully saturated rings. The number of halogens is 1. The molecule has 0 saturated heterocycles. The predicted molar refractivity (Wildman–Crippen MR) is 127 cm³/mol. The number of hydrogen-bond acceptors (Lipinski definition) is 9. The highest BCUT2D eigenvalue weighted by Crippen LogP contribution is 2.53. The number of nitrogens with two attached hydrogens (primary N) is 1. The molecule has 182 valence electrons. The number of aliphatic hydroxyl groups excluding tert-OH is 2. The fraction of sp³-hybridized carbons (Fsp3) is 0.478. The molecular weight excluding hydrogens is 559 g/mol. The lowest BCUT2D eigenvalue weighted by Crippen LogP contribution is -2.73. The van der Waals surface area contributed by atoms with Gasteiger partial charge < -0.3 is 31.1 Å². The molecule has 2 saturated carbocycles. The first-order valence-electron chi connectivity index (χ1n) is 10.7. The Hall–Kier alpha value is -2.35. The van der Waals surface area contributed by atoms with Crippen molar-refractivity contribution in [2.24, 2.45) is 23.5 Å². The van der Waals surface area contributed by atoms with Crippen LogP contribution in [-0.4, -0.2) is 80.4 Å². The second kappa shape index (κ2) is 8.11. The molecule has 6 N–H and O–H groups in total. The van der Waals surface area contributed by atoms with Crippen LogP contribution < -0.4 is 5.73 Å². The van der Waals surface area contributed by atoms with Crippen LogP contribution in [0.5, 0.6) is 5.75 Å². The number of primary amides is 1. The zero-order valence-corrected chi connectivity index (χ0v) is 20.9. The third-order valence-corrected chi connectivity index (χ3v) is 8.24. The maximum Gasteiger partial charge on any atom is 0.230 e. The van der Waals surface area contributed by atoms with E-state index in [4.69, 9.17) is 5.73 Å². The van der Waals surface area contributed by atoms with E-state index in [1.54, 1.807) is 36.7 Å². The molecule has 0 spiro atoms. The first-order chi connectivity index (χ1) is 15.7. The Morgan fingerprint density at radius 2 is 1.85 bits per heavy atom. The van der Waals surface area contributed by atoms with Gasteiger partial charge in [0.25, 0.3) is 0 Å². The average molecular weight is 584 g/mol. The quantitative estimate of drug-likeness (QED) is 0.185. The summed E-state index contributed by atoms with van der Waals surface area (Å²) < 4.78 is 0.283. The van der Waals surface area contributed by atoms with Gasteiger partial charge in [0.1, 0.15) is 17.4 Å². The highest BCUT2D eigenvalue weighted by Gasteiger charge is 2.67. The summed E-state index contributed by atoms with van der Waals surface area (Å²) in [5.41, 5.74) is 2.97. The number of aliphatic hydroxyl groups is 3. The number of phenols is 1. The van der Waals surface area contributed by atoms with E-state index < -0.39 is 58.7 Å². The van der Waals surface area contributed by atoms with Crippen LogP contribution in [0.2, 0.25) is 0 Å². The van der Waals surface area contributed by atoms with Crippen LogP contribution in [0.3, 0.4) is 0 Å². The number of fused-ring (bicyclic) bond motifs is 3. The molecule has 34 heavy (non-hydrogen) atoms. The van der Waals surface area contributed by atoms with Crippen LogP contribution in [-0.2, 0) is 20.8 Å². The highest BCUT2D eigenvalue weighted by molar-refractivity contribution is 14.1. The molecule has 1 unspecified atom stereocenters. The minimum Gasteiger partial charge on any atom is -0.507 e. The van der Waals surface area contributed by atoms with Crippen molar-refractivity contribution in [2.45, 2.75) is 37.5 Å². The van der Waals surface area contributed by atoms with Crippen molar-refractivity contribution in [3.05, 3.63) is 31.9 Å². The lowest BCUT2D eigenvalue weighted by molar-refractivity contribution is -0.184. The average Bonchev–Trinajstić information content (AvgIpc) is 2.72. The number of aromatic hydroxyl groups is 1. The number of carbonyl (C=O) groups excluding carboxylic acids is 4. The summed E-state index contributed by atoms with van der Waals surface area (Å²) in [6, 6.07) is 0.538. The highest BCUT2D eigenvalue weighted by atomic mass is 127. The first kappa shape index (κ1) is 24.8. The smallest absolute Gasteiger partial charge is 0.230 e. The molecule has 3 aliphatic rings. The minimum atomic E-state index is -2.70. The Labute approximate surface area is 208 Å². The Morgan fingerprint density at radius 1 is 1.24 bits per heavy atom.